The summed E-state index contributed by atoms with van der Waals surface area (Å²) in [7, 11) is 1.83. The molecule has 9 heavy (non-hydrogen) atoms. The SMILES string of the molecule is CNc1cnc(Br)nc1. The molecule has 0 aliphatic carbocycles. The van der Waals surface area contributed by atoms with E-state index in [1.165, 1.54) is 0 Å². The molecule has 0 unspecified atom stereocenters. The van der Waals surface area contributed by atoms with E-state index in [9.17, 15) is 0 Å². The van der Waals surface area contributed by atoms with Crippen molar-refractivity contribution in [2.75, 3.05) is 12.4 Å². The highest BCUT2D eigenvalue weighted by Crippen LogP contribution is 2.04. The molecule has 1 aromatic heterocycles. The van der Waals surface area contributed by atoms with Crippen LogP contribution in [0.3, 0.4) is 0 Å². The van der Waals surface area contributed by atoms with Crippen LogP contribution < -0.4 is 5.32 Å². The predicted octanol–water partition coefficient (Wildman–Crippen LogP) is 1.28. The molecule has 0 bridgehead atoms. The minimum absolute atomic E-state index is 0.613. The Kier molecular flexibility index (Phi) is 2.00. The highest BCUT2D eigenvalue weighted by Gasteiger charge is 1.87. The van der Waals surface area contributed by atoms with Crippen LogP contribution in [0, 0.1) is 0 Å². The Morgan fingerprint density at radius 3 is 2.44 bits per heavy atom. The molecule has 1 aromatic rings. The number of nitrogens with one attached hydrogen (secondary N) is 1. The first kappa shape index (κ1) is 6.48. The maximum atomic E-state index is 3.89. The van der Waals surface area contributed by atoms with E-state index in [2.05, 4.69) is 31.2 Å². The lowest BCUT2D eigenvalue weighted by atomic mass is 10.5. The van der Waals surface area contributed by atoms with Gasteiger partial charge in [-0.25, -0.2) is 9.97 Å². The Hall–Kier alpha value is -0.640. The van der Waals surface area contributed by atoms with E-state index in [1.54, 1.807) is 12.4 Å². The lowest BCUT2D eigenvalue weighted by molar-refractivity contribution is 1.11. The fraction of sp³-hybridized carbons (Fsp3) is 0.200. The lowest BCUT2D eigenvalue weighted by Gasteiger charge is -1.94. The first-order valence-corrected chi connectivity index (χ1v) is 3.27. The van der Waals surface area contributed by atoms with Crippen molar-refractivity contribution in [2.24, 2.45) is 0 Å². The number of aromatic nitrogens is 2. The number of hydrogen-bond donors (Lipinski definition) is 1. The van der Waals surface area contributed by atoms with E-state index in [0.717, 1.165) is 5.69 Å². The molecule has 0 spiro atoms. The second-order valence-electron chi connectivity index (χ2n) is 1.49. The average molecular weight is 188 g/mol. The summed E-state index contributed by atoms with van der Waals surface area (Å²) < 4.78 is 0.613. The maximum absolute atomic E-state index is 3.89. The highest BCUT2D eigenvalue weighted by atomic mass is 79.9. The van der Waals surface area contributed by atoms with E-state index in [1.807, 2.05) is 7.05 Å². The molecular formula is C5H6BrN3. The van der Waals surface area contributed by atoms with Gasteiger partial charge >= 0.3 is 0 Å². The van der Waals surface area contributed by atoms with Crippen LogP contribution in [0.5, 0.6) is 0 Å². The highest BCUT2D eigenvalue weighted by molar-refractivity contribution is 9.10. The van der Waals surface area contributed by atoms with Gasteiger partial charge in [-0.1, -0.05) is 0 Å². The van der Waals surface area contributed by atoms with Crippen LogP contribution in [-0.2, 0) is 0 Å². The molecule has 0 amide bonds. The summed E-state index contributed by atoms with van der Waals surface area (Å²) in [4.78, 5) is 7.79. The van der Waals surface area contributed by atoms with Crippen LogP contribution in [0.15, 0.2) is 17.1 Å². The van der Waals surface area contributed by atoms with E-state index in [0.29, 0.717) is 4.73 Å². The molecule has 0 atom stereocenters. The molecule has 1 rings (SSSR count). The summed E-state index contributed by atoms with van der Waals surface area (Å²) in [5, 5.41) is 2.91. The van der Waals surface area contributed by atoms with Gasteiger partial charge in [-0.15, -0.1) is 0 Å². The summed E-state index contributed by atoms with van der Waals surface area (Å²) in [6.07, 6.45) is 3.41. The van der Waals surface area contributed by atoms with Crippen molar-refractivity contribution < 1.29 is 0 Å². The van der Waals surface area contributed by atoms with Gasteiger partial charge in [-0.3, -0.25) is 0 Å². The molecule has 0 aromatic carbocycles. The predicted molar refractivity (Wildman–Crippen MR) is 39.3 cm³/mol. The van der Waals surface area contributed by atoms with E-state index in [-0.39, 0.29) is 0 Å². The van der Waals surface area contributed by atoms with Crippen molar-refractivity contribution >= 4 is 21.6 Å². The number of halogens is 1. The molecule has 0 aliphatic heterocycles. The zero-order valence-electron chi connectivity index (χ0n) is 4.93. The summed E-state index contributed by atoms with van der Waals surface area (Å²) in [5.41, 5.74) is 0.915. The zero-order valence-corrected chi connectivity index (χ0v) is 6.51. The number of hydrogen-bond acceptors (Lipinski definition) is 3. The third-order valence-electron chi connectivity index (χ3n) is 0.909. The van der Waals surface area contributed by atoms with Gasteiger partial charge in [0.2, 0.25) is 0 Å². The average Bonchev–Trinajstić information content (AvgIpc) is 1.90. The van der Waals surface area contributed by atoms with Gasteiger partial charge in [0.25, 0.3) is 0 Å². The second-order valence-corrected chi connectivity index (χ2v) is 2.20. The van der Waals surface area contributed by atoms with Crippen LogP contribution in [0.25, 0.3) is 0 Å². The Balaban J connectivity index is 2.88. The molecule has 1 heterocycles. The second kappa shape index (κ2) is 2.77. The number of anilines is 1. The van der Waals surface area contributed by atoms with Crippen LogP contribution in [0.4, 0.5) is 5.69 Å². The molecular weight excluding hydrogens is 182 g/mol. The molecule has 0 aliphatic rings. The van der Waals surface area contributed by atoms with Gasteiger partial charge in [0.05, 0.1) is 18.1 Å². The van der Waals surface area contributed by atoms with Crippen molar-refractivity contribution in [3.63, 3.8) is 0 Å². The van der Waals surface area contributed by atoms with Gasteiger partial charge in [-0.05, 0) is 15.9 Å². The van der Waals surface area contributed by atoms with Crippen molar-refractivity contribution in [3.05, 3.63) is 17.1 Å². The quantitative estimate of drug-likeness (QED) is 0.674. The Morgan fingerprint density at radius 1 is 1.44 bits per heavy atom. The zero-order chi connectivity index (χ0) is 6.69. The third-order valence-corrected chi connectivity index (χ3v) is 1.32. The lowest BCUT2D eigenvalue weighted by Crippen LogP contribution is -1.90. The largest absolute Gasteiger partial charge is 0.386 e. The molecule has 1 N–H and O–H groups in total. The van der Waals surface area contributed by atoms with Gasteiger partial charge < -0.3 is 5.32 Å². The molecule has 0 saturated carbocycles. The number of rotatable bonds is 1. The van der Waals surface area contributed by atoms with Crippen molar-refractivity contribution in [3.8, 4) is 0 Å². The molecule has 48 valence electrons. The Labute approximate surface area is 61.7 Å². The molecule has 0 radical (unpaired) electrons. The normalized spacial score (nSPS) is 9.11. The van der Waals surface area contributed by atoms with Crippen molar-refractivity contribution in [1.29, 1.82) is 0 Å². The topological polar surface area (TPSA) is 37.8 Å². The van der Waals surface area contributed by atoms with E-state index >= 15 is 0 Å². The molecule has 4 heteroatoms. The summed E-state index contributed by atoms with van der Waals surface area (Å²) in [6, 6.07) is 0. The first-order valence-electron chi connectivity index (χ1n) is 2.48. The standard InChI is InChI=1S/C5H6BrN3/c1-7-4-2-8-5(6)9-3-4/h2-3,7H,1H3. The molecule has 3 nitrogen and oxygen atoms in total. The minimum atomic E-state index is 0.613. The first-order chi connectivity index (χ1) is 4.33. The fourth-order valence-corrected chi connectivity index (χ4v) is 0.646. The van der Waals surface area contributed by atoms with Gasteiger partial charge in [-0.2, -0.15) is 0 Å². The van der Waals surface area contributed by atoms with Crippen molar-refractivity contribution in [2.45, 2.75) is 0 Å². The maximum Gasteiger partial charge on any atom is 0.196 e. The van der Waals surface area contributed by atoms with Crippen LogP contribution in [-0.4, -0.2) is 17.0 Å². The Morgan fingerprint density at radius 2 is 2.00 bits per heavy atom. The number of nitrogens with zero attached hydrogens (tertiary/aromatic N) is 2. The van der Waals surface area contributed by atoms with E-state index < -0.39 is 0 Å². The van der Waals surface area contributed by atoms with Crippen LogP contribution >= 0.6 is 15.9 Å². The van der Waals surface area contributed by atoms with E-state index in [4.69, 9.17) is 0 Å². The smallest absolute Gasteiger partial charge is 0.196 e. The van der Waals surface area contributed by atoms with Crippen LogP contribution in [0.2, 0.25) is 0 Å². The summed E-state index contributed by atoms with van der Waals surface area (Å²) in [5.74, 6) is 0. The monoisotopic (exact) mass is 187 g/mol. The molecule has 0 saturated heterocycles. The van der Waals surface area contributed by atoms with Crippen molar-refractivity contribution in [1.82, 2.24) is 9.97 Å². The fourth-order valence-electron chi connectivity index (χ4n) is 0.441. The van der Waals surface area contributed by atoms with Gasteiger partial charge in [0, 0.05) is 7.05 Å². The summed E-state index contributed by atoms with van der Waals surface area (Å²) >= 11 is 3.12. The third kappa shape index (κ3) is 1.64. The molecule has 0 fully saturated rings. The van der Waals surface area contributed by atoms with Crippen LogP contribution in [0.1, 0.15) is 0 Å². The summed E-state index contributed by atoms with van der Waals surface area (Å²) in [6.45, 7) is 0. The van der Waals surface area contributed by atoms with Gasteiger partial charge in [0.1, 0.15) is 0 Å². The Bertz CT molecular complexity index is 184. The minimum Gasteiger partial charge on any atom is -0.386 e. The van der Waals surface area contributed by atoms with Gasteiger partial charge in [0.15, 0.2) is 4.73 Å².